The van der Waals surface area contributed by atoms with Crippen molar-refractivity contribution in [3.63, 3.8) is 0 Å². The second kappa shape index (κ2) is 3.97. The smallest absolute Gasteiger partial charge is 0.155 e. The summed E-state index contributed by atoms with van der Waals surface area (Å²) in [6, 6.07) is 0. The molecule has 1 atom stereocenters. The van der Waals surface area contributed by atoms with Crippen molar-refractivity contribution in [2.75, 3.05) is 19.6 Å². The van der Waals surface area contributed by atoms with Gasteiger partial charge < -0.3 is 5.73 Å². The average Bonchev–Trinajstić information content (AvgIpc) is 2.39. The third kappa shape index (κ3) is 2.10. The van der Waals surface area contributed by atoms with Crippen LogP contribution in [0.25, 0.3) is 0 Å². The summed E-state index contributed by atoms with van der Waals surface area (Å²) in [5, 5.41) is 1.23. The molecule has 1 aliphatic rings. The van der Waals surface area contributed by atoms with E-state index in [1.54, 1.807) is 11.8 Å². The monoisotopic (exact) mass is 173 g/mol. The van der Waals surface area contributed by atoms with Gasteiger partial charge in [-0.25, -0.2) is 0 Å². The van der Waals surface area contributed by atoms with E-state index in [1.165, 1.54) is 0 Å². The average molecular weight is 173 g/mol. The van der Waals surface area contributed by atoms with Crippen LogP contribution in [0.4, 0.5) is 0 Å². The van der Waals surface area contributed by atoms with E-state index in [2.05, 4.69) is 23.7 Å². The fraction of sp³-hybridized carbons (Fsp3) is 0.857. The SMILES string of the molecule is CCN(CC)C1CN=C(N)S1. The Morgan fingerprint density at radius 1 is 1.64 bits per heavy atom. The Bertz CT molecular complexity index is 154. The molecular weight excluding hydrogens is 158 g/mol. The van der Waals surface area contributed by atoms with E-state index >= 15 is 0 Å². The van der Waals surface area contributed by atoms with Crippen LogP contribution in [0.2, 0.25) is 0 Å². The van der Waals surface area contributed by atoms with Crippen molar-refractivity contribution in [3.8, 4) is 0 Å². The van der Waals surface area contributed by atoms with Gasteiger partial charge >= 0.3 is 0 Å². The van der Waals surface area contributed by atoms with Crippen LogP contribution in [-0.2, 0) is 0 Å². The van der Waals surface area contributed by atoms with Gasteiger partial charge in [-0.1, -0.05) is 25.6 Å². The lowest BCUT2D eigenvalue weighted by Gasteiger charge is -2.23. The quantitative estimate of drug-likeness (QED) is 0.683. The minimum absolute atomic E-state index is 0.491. The second-order valence-electron chi connectivity index (χ2n) is 2.47. The van der Waals surface area contributed by atoms with Gasteiger partial charge in [-0.05, 0) is 13.1 Å². The van der Waals surface area contributed by atoms with Crippen molar-refractivity contribution in [3.05, 3.63) is 0 Å². The fourth-order valence-electron chi connectivity index (χ4n) is 1.20. The molecule has 0 aromatic rings. The Morgan fingerprint density at radius 3 is 2.64 bits per heavy atom. The van der Waals surface area contributed by atoms with Gasteiger partial charge in [0.1, 0.15) is 0 Å². The maximum Gasteiger partial charge on any atom is 0.155 e. The molecular formula is C7H15N3S. The van der Waals surface area contributed by atoms with E-state index in [4.69, 9.17) is 5.73 Å². The molecule has 0 aliphatic carbocycles. The lowest BCUT2D eigenvalue weighted by molar-refractivity contribution is 0.291. The molecule has 11 heavy (non-hydrogen) atoms. The largest absolute Gasteiger partial charge is 0.378 e. The van der Waals surface area contributed by atoms with Gasteiger partial charge in [-0.3, -0.25) is 9.89 Å². The zero-order valence-electron chi connectivity index (χ0n) is 7.08. The van der Waals surface area contributed by atoms with Gasteiger partial charge in [0.15, 0.2) is 5.17 Å². The summed E-state index contributed by atoms with van der Waals surface area (Å²) < 4.78 is 0. The van der Waals surface area contributed by atoms with Crippen molar-refractivity contribution in [2.24, 2.45) is 10.7 Å². The van der Waals surface area contributed by atoms with Gasteiger partial charge in [0, 0.05) is 0 Å². The first-order valence-electron chi connectivity index (χ1n) is 3.98. The maximum atomic E-state index is 5.56. The summed E-state index contributed by atoms with van der Waals surface area (Å²) in [4.78, 5) is 6.52. The van der Waals surface area contributed by atoms with Gasteiger partial charge in [0.25, 0.3) is 0 Å². The molecule has 1 unspecified atom stereocenters. The van der Waals surface area contributed by atoms with Crippen molar-refractivity contribution >= 4 is 16.9 Å². The summed E-state index contributed by atoms with van der Waals surface area (Å²) in [5.74, 6) is 0. The third-order valence-electron chi connectivity index (χ3n) is 1.88. The first-order valence-corrected chi connectivity index (χ1v) is 4.86. The Balaban J connectivity index is 2.38. The van der Waals surface area contributed by atoms with E-state index < -0.39 is 0 Å². The minimum atomic E-state index is 0.491. The topological polar surface area (TPSA) is 41.6 Å². The molecule has 0 bridgehead atoms. The van der Waals surface area contributed by atoms with Crippen LogP contribution in [0.5, 0.6) is 0 Å². The summed E-state index contributed by atoms with van der Waals surface area (Å²) in [6.45, 7) is 7.35. The first-order chi connectivity index (χ1) is 5.27. The molecule has 0 amide bonds. The Kier molecular flexibility index (Phi) is 3.20. The summed E-state index contributed by atoms with van der Waals surface area (Å²) in [5.41, 5.74) is 5.56. The Hall–Kier alpha value is -0.220. The number of nitrogens with zero attached hydrogens (tertiary/aromatic N) is 2. The fourth-order valence-corrected chi connectivity index (χ4v) is 2.23. The highest BCUT2D eigenvalue weighted by Gasteiger charge is 2.21. The molecule has 0 saturated heterocycles. The Morgan fingerprint density at radius 2 is 2.27 bits per heavy atom. The standard InChI is InChI=1S/C7H15N3S/c1-3-10(4-2)6-5-9-7(8)11-6/h6H,3-5H2,1-2H3,(H2,8,9). The van der Waals surface area contributed by atoms with Gasteiger partial charge in [-0.2, -0.15) is 0 Å². The molecule has 0 aromatic heterocycles. The molecule has 64 valence electrons. The summed E-state index contributed by atoms with van der Waals surface area (Å²) in [7, 11) is 0. The molecule has 0 aromatic carbocycles. The molecule has 1 heterocycles. The molecule has 1 aliphatic heterocycles. The summed E-state index contributed by atoms with van der Waals surface area (Å²) >= 11 is 1.68. The molecule has 0 spiro atoms. The Labute approximate surface area is 72.0 Å². The van der Waals surface area contributed by atoms with Gasteiger partial charge in [-0.15, -0.1) is 0 Å². The highest BCUT2D eigenvalue weighted by atomic mass is 32.2. The van der Waals surface area contributed by atoms with Crippen LogP contribution in [0.1, 0.15) is 13.8 Å². The van der Waals surface area contributed by atoms with Crippen molar-refractivity contribution < 1.29 is 0 Å². The molecule has 0 saturated carbocycles. The van der Waals surface area contributed by atoms with Crippen LogP contribution in [0.15, 0.2) is 4.99 Å². The molecule has 0 radical (unpaired) electrons. The zero-order chi connectivity index (χ0) is 8.27. The maximum absolute atomic E-state index is 5.56. The second-order valence-corrected chi connectivity index (χ2v) is 3.67. The number of nitrogens with two attached hydrogens (primary N) is 1. The normalized spacial score (nSPS) is 24.3. The lowest BCUT2D eigenvalue weighted by Crippen LogP contribution is -2.33. The minimum Gasteiger partial charge on any atom is -0.378 e. The number of rotatable bonds is 3. The number of hydrogen-bond donors (Lipinski definition) is 1. The first kappa shape index (κ1) is 8.87. The lowest BCUT2D eigenvalue weighted by atomic mass is 10.5. The van der Waals surface area contributed by atoms with E-state index in [9.17, 15) is 0 Å². The number of likely N-dealkylation sites (N-methyl/N-ethyl adjacent to an activating group) is 1. The summed E-state index contributed by atoms with van der Waals surface area (Å²) in [6.07, 6.45) is 0. The number of hydrogen-bond acceptors (Lipinski definition) is 4. The zero-order valence-corrected chi connectivity index (χ0v) is 7.90. The molecule has 3 nitrogen and oxygen atoms in total. The van der Waals surface area contributed by atoms with Crippen LogP contribution in [0, 0.1) is 0 Å². The highest BCUT2D eigenvalue weighted by Crippen LogP contribution is 2.21. The van der Waals surface area contributed by atoms with Crippen molar-refractivity contribution in [1.29, 1.82) is 0 Å². The van der Waals surface area contributed by atoms with Crippen molar-refractivity contribution in [1.82, 2.24) is 4.90 Å². The van der Waals surface area contributed by atoms with Crippen LogP contribution in [-0.4, -0.2) is 35.1 Å². The van der Waals surface area contributed by atoms with E-state index in [1.807, 2.05) is 0 Å². The van der Waals surface area contributed by atoms with Gasteiger partial charge in [0.05, 0.1) is 11.9 Å². The molecule has 4 heteroatoms. The van der Waals surface area contributed by atoms with E-state index in [0.29, 0.717) is 5.37 Å². The predicted molar refractivity (Wildman–Crippen MR) is 50.8 cm³/mol. The van der Waals surface area contributed by atoms with Crippen molar-refractivity contribution in [2.45, 2.75) is 19.2 Å². The molecule has 0 fully saturated rings. The molecule has 1 rings (SSSR count). The molecule has 2 N–H and O–H groups in total. The van der Waals surface area contributed by atoms with Crippen LogP contribution >= 0.6 is 11.8 Å². The van der Waals surface area contributed by atoms with E-state index in [0.717, 1.165) is 24.8 Å². The predicted octanol–water partition coefficient (Wildman–Crippen LogP) is 0.716. The number of thioether (sulfide) groups is 1. The third-order valence-corrected chi connectivity index (χ3v) is 2.97. The van der Waals surface area contributed by atoms with Gasteiger partial charge in [0.2, 0.25) is 0 Å². The van der Waals surface area contributed by atoms with Crippen LogP contribution in [0.3, 0.4) is 0 Å². The number of amidine groups is 1. The van der Waals surface area contributed by atoms with E-state index in [-0.39, 0.29) is 0 Å². The highest BCUT2D eigenvalue weighted by molar-refractivity contribution is 8.14. The van der Waals surface area contributed by atoms with Crippen LogP contribution < -0.4 is 5.73 Å². The number of aliphatic imine (C=N–C) groups is 1.